The maximum atomic E-state index is 13.3. The molecule has 0 radical (unpaired) electrons. The number of aromatic nitrogens is 3. The summed E-state index contributed by atoms with van der Waals surface area (Å²) >= 11 is 5.88. The smallest absolute Gasteiger partial charge is 0.142 e. The molecule has 96 valence electrons. The van der Waals surface area contributed by atoms with Crippen molar-refractivity contribution in [1.82, 2.24) is 15.0 Å². The van der Waals surface area contributed by atoms with Crippen molar-refractivity contribution in [2.24, 2.45) is 5.73 Å². The lowest BCUT2D eigenvalue weighted by Gasteiger charge is -2.13. The Morgan fingerprint density at radius 3 is 2.78 bits per heavy atom. The monoisotopic (exact) mass is 268 g/mol. The first-order valence-corrected chi connectivity index (χ1v) is 5.88. The summed E-state index contributed by atoms with van der Waals surface area (Å²) < 4.78 is 14.9. The van der Waals surface area contributed by atoms with Crippen molar-refractivity contribution in [3.05, 3.63) is 46.5 Å². The van der Waals surface area contributed by atoms with Gasteiger partial charge in [-0.25, -0.2) is 9.07 Å². The van der Waals surface area contributed by atoms with E-state index in [1.807, 2.05) is 13.8 Å². The van der Waals surface area contributed by atoms with Gasteiger partial charge in [0.2, 0.25) is 0 Å². The fourth-order valence-electron chi connectivity index (χ4n) is 1.52. The van der Waals surface area contributed by atoms with Gasteiger partial charge in [-0.15, -0.1) is 5.10 Å². The first-order valence-electron chi connectivity index (χ1n) is 5.50. The van der Waals surface area contributed by atoms with Crippen LogP contribution in [0, 0.1) is 5.82 Å². The molecule has 2 rings (SSSR count). The maximum absolute atomic E-state index is 13.3. The topological polar surface area (TPSA) is 56.7 Å². The number of rotatable bonds is 3. The highest BCUT2D eigenvalue weighted by Gasteiger charge is 2.18. The molecule has 0 bridgehead atoms. The number of hydrogen-bond acceptors (Lipinski definition) is 3. The van der Waals surface area contributed by atoms with Crippen molar-refractivity contribution < 1.29 is 4.39 Å². The molecule has 1 aromatic heterocycles. The van der Waals surface area contributed by atoms with Crippen LogP contribution in [0.1, 0.15) is 25.1 Å². The second kappa shape index (κ2) is 4.66. The average molecular weight is 269 g/mol. The van der Waals surface area contributed by atoms with Gasteiger partial charge in [-0.3, -0.25) is 0 Å². The zero-order chi connectivity index (χ0) is 13.3. The van der Waals surface area contributed by atoms with E-state index >= 15 is 0 Å². The van der Waals surface area contributed by atoms with Gasteiger partial charge in [-0.05, 0) is 25.5 Å². The predicted molar refractivity (Wildman–Crippen MR) is 67.7 cm³/mol. The Kier molecular flexibility index (Phi) is 3.36. The highest BCUT2D eigenvalue weighted by atomic mass is 35.5. The van der Waals surface area contributed by atoms with E-state index in [1.54, 1.807) is 23.0 Å². The molecule has 4 nitrogen and oxygen atoms in total. The minimum atomic E-state index is -0.552. The molecule has 2 N–H and O–H groups in total. The molecule has 2 aromatic rings. The van der Waals surface area contributed by atoms with Crippen molar-refractivity contribution in [3.63, 3.8) is 0 Å². The number of hydrogen-bond donors (Lipinski definition) is 1. The molecule has 6 heteroatoms. The van der Waals surface area contributed by atoms with Crippen LogP contribution in [-0.4, -0.2) is 15.0 Å². The van der Waals surface area contributed by atoms with Crippen LogP contribution in [0.15, 0.2) is 24.4 Å². The SMILES string of the molecule is CC(C)(N)c1cn(Cc2cccc(F)c2Cl)nn1. The fourth-order valence-corrected chi connectivity index (χ4v) is 1.70. The van der Waals surface area contributed by atoms with Crippen molar-refractivity contribution in [2.45, 2.75) is 25.9 Å². The van der Waals surface area contributed by atoms with Gasteiger partial charge in [0.15, 0.2) is 0 Å². The van der Waals surface area contributed by atoms with E-state index in [-0.39, 0.29) is 5.02 Å². The highest BCUT2D eigenvalue weighted by Crippen LogP contribution is 2.21. The third-order valence-electron chi connectivity index (χ3n) is 2.56. The molecule has 0 fully saturated rings. The number of nitrogens with zero attached hydrogens (tertiary/aromatic N) is 3. The number of nitrogens with two attached hydrogens (primary N) is 1. The van der Waals surface area contributed by atoms with Gasteiger partial charge in [0.25, 0.3) is 0 Å². The van der Waals surface area contributed by atoms with Crippen LogP contribution in [0.25, 0.3) is 0 Å². The van der Waals surface area contributed by atoms with Gasteiger partial charge < -0.3 is 5.73 Å². The zero-order valence-electron chi connectivity index (χ0n) is 10.2. The summed E-state index contributed by atoms with van der Waals surface area (Å²) in [5.74, 6) is -0.436. The van der Waals surface area contributed by atoms with Crippen molar-refractivity contribution in [3.8, 4) is 0 Å². The second-order valence-corrected chi connectivity index (χ2v) is 5.11. The van der Waals surface area contributed by atoms with Crippen LogP contribution in [0.5, 0.6) is 0 Å². The lowest BCUT2D eigenvalue weighted by Crippen LogP contribution is -2.29. The first-order chi connectivity index (χ1) is 8.38. The summed E-state index contributed by atoms with van der Waals surface area (Å²) in [4.78, 5) is 0. The molecule has 0 aliphatic rings. The molecule has 1 heterocycles. The van der Waals surface area contributed by atoms with Gasteiger partial charge in [0, 0.05) is 0 Å². The Morgan fingerprint density at radius 1 is 1.44 bits per heavy atom. The van der Waals surface area contributed by atoms with Crippen LogP contribution >= 0.6 is 11.6 Å². The van der Waals surface area contributed by atoms with Crippen molar-refractivity contribution in [2.75, 3.05) is 0 Å². The Balaban J connectivity index is 2.24. The van der Waals surface area contributed by atoms with Crippen LogP contribution in [0.4, 0.5) is 4.39 Å². The molecule has 1 aromatic carbocycles. The zero-order valence-corrected chi connectivity index (χ0v) is 10.9. The van der Waals surface area contributed by atoms with Crippen LogP contribution in [-0.2, 0) is 12.1 Å². The lowest BCUT2D eigenvalue weighted by atomic mass is 10.0. The molecular formula is C12H14ClFN4. The molecule has 0 aliphatic carbocycles. The molecule has 0 aliphatic heterocycles. The normalized spacial score (nSPS) is 11.8. The van der Waals surface area contributed by atoms with E-state index in [0.29, 0.717) is 17.8 Å². The van der Waals surface area contributed by atoms with Crippen LogP contribution < -0.4 is 5.73 Å². The van der Waals surface area contributed by atoms with Gasteiger partial charge in [-0.1, -0.05) is 28.9 Å². The highest BCUT2D eigenvalue weighted by molar-refractivity contribution is 6.31. The molecule has 0 spiro atoms. The third kappa shape index (κ3) is 2.68. The summed E-state index contributed by atoms with van der Waals surface area (Å²) in [5, 5.41) is 8.05. The van der Waals surface area contributed by atoms with Crippen LogP contribution in [0.2, 0.25) is 5.02 Å². The maximum Gasteiger partial charge on any atom is 0.142 e. The summed E-state index contributed by atoms with van der Waals surface area (Å²) in [7, 11) is 0. The molecule has 0 amide bonds. The molecule has 0 saturated heterocycles. The Morgan fingerprint density at radius 2 is 2.17 bits per heavy atom. The first kappa shape index (κ1) is 13.0. The Labute approximate surface area is 110 Å². The summed E-state index contributed by atoms with van der Waals surface area (Å²) in [6.07, 6.45) is 1.74. The van der Waals surface area contributed by atoms with E-state index in [2.05, 4.69) is 10.3 Å². The fraction of sp³-hybridized carbons (Fsp3) is 0.333. The molecular weight excluding hydrogens is 255 g/mol. The van der Waals surface area contributed by atoms with Crippen LogP contribution in [0.3, 0.4) is 0 Å². The standard InChI is InChI=1S/C12H14ClFN4/c1-12(2,15)10-7-18(17-16-10)6-8-4-3-5-9(14)11(8)13/h3-5,7H,6,15H2,1-2H3. The van der Waals surface area contributed by atoms with Gasteiger partial charge in [-0.2, -0.15) is 0 Å². The molecule has 18 heavy (non-hydrogen) atoms. The Bertz CT molecular complexity index is 559. The van der Waals surface area contributed by atoms with E-state index in [9.17, 15) is 4.39 Å². The van der Waals surface area contributed by atoms with E-state index in [1.165, 1.54) is 6.07 Å². The minimum absolute atomic E-state index is 0.113. The summed E-state index contributed by atoms with van der Waals surface area (Å²) in [6.45, 7) is 4.05. The number of benzene rings is 1. The van der Waals surface area contributed by atoms with E-state index in [4.69, 9.17) is 17.3 Å². The molecule has 0 atom stereocenters. The minimum Gasteiger partial charge on any atom is -0.320 e. The quantitative estimate of drug-likeness (QED) is 0.929. The molecule has 0 unspecified atom stereocenters. The van der Waals surface area contributed by atoms with Gasteiger partial charge in [0.05, 0.1) is 23.3 Å². The lowest BCUT2D eigenvalue weighted by molar-refractivity contribution is 0.533. The summed E-state index contributed by atoms with van der Waals surface area (Å²) in [6, 6.07) is 4.68. The predicted octanol–water partition coefficient (Wildman–Crippen LogP) is 2.31. The second-order valence-electron chi connectivity index (χ2n) is 4.74. The average Bonchev–Trinajstić information content (AvgIpc) is 2.73. The summed E-state index contributed by atoms with van der Waals surface area (Å²) in [5.41, 5.74) is 6.70. The third-order valence-corrected chi connectivity index (χ3v) is 2.99. The van der Waals surface area contributed by atoms with Gasteiger partial charge in [0.1, 0.15) is 11.5 Å². The van der Waals surface area contributed by atoms with E-state index in [0.717, 1.165) is 0 Å². The van der Waals surface area contributed by atoms with Gasteiger partial charge >= 0.3 is 0 Å². The van der Waals surface area contributed by atoms with Crippen molar-refractivity contribution in [1.29, 1.82) is 0 Å². The van der Waals surface area contributed by atoms with Crippen molar-refractivity contribution >= 4 is 11.6 Å². The molecule has 0 saturated carbocycles. The number of halogens is 2. The Hall–Kier alpha value is -1.46. The largest absolute Gasteiger partial charge is 0.320 e. The van der Waals surface area contributed by atoms with E-state index < -0.39 is 11.4 Å².